The number of benzene rings is 1. The molecule has 0 spiro atoms. The number of rotatable bonds is 1. The van der Waals surface area contributed by atoms with E-state index < -0.39 is 0 Å². The molecule has 1 aromatic carbocycles. The lowest BCUT2D eigenvalue weighted by molar-refractivity contribution is 0.215. The van der Waals surface area contributed by atoms with E-state index in [2.05, 4.69) is 24.3 Å². The van der Waals surface area contributed by atoms with Crippen LogP contribution in [0.3, 0.4) is 0 Å². The monoisotopic (exact) mass is 186 g/mol. The second-order valence-electron chi connectivity index (χ2n) is 3.54. The van der Waals surface area contributed by atoms with Crippen molar-refractivity contribution < 1.29 is 5.11 Å². The standard InChI is InChI=1S/C13H14O/c14-13-9-5-4-8-12(10-13)11-6-2-1-3-7-11/h1-4,6-8,10,13-14H,5,9H2/t13-/m1/s1. The quantitative estimate of drug-likeness (QED) is 0.715. The van der Waals surface area contributed by atoms with Crippen molar-refractivity contribution in [2.24, 2.45) is 0 Å². The third kappa shape index (κ3) is 2.12. The van der Waals surface area contributed by atoms with Crippen LogP contribution < -0.4 is 0 Å². The molecule has 72 valence electrons. The fraction of sp³-hybridized carbons (Fsp3) is 0.231. The van der Waals surface area contributed by atoms with Gasteiger partial charge in [-0.3, -0.25) is 0 Å². The first kappa shape index (κ1) is 9.22. The van der Waals surface area contributed by atoms with E-state index in [4.69, 9.17) is 0 Å². The van der Waals surface area contributed by atoms with Gasteiger partial charge in [-0.15, -0.1) is 0 Å². The molecular weight excluding hydrogens is 172 g/mol. The minimum Gasteiger partial charge on any atom is -0.389 e. The van der Waals surface area contributed by atoms with Gasteiger partial charge >= 0.3 is 0 Å². The van der Waals surface area contributed by atoms with Gasteiger partial charge in [-0.1, -0.05) is 42.5 Å². The average Bonchev–Trinajstić information content (AvgIpc) is 2.44. The van der Waals surface area contributed by atoms with Gasteiger partial charge in [0.25, 0.3) is 0 Å². The van der Waals surface area contributed by atoms with Crippen LogP contribution in [0.4, 0.5) is 0 Å². The Balaban J connectivity index is 2.32. The van der Waals surface area contributed by atoms with E-state index in [0.29, 0.717) is 0 Å². The summed E-state index contributed by atoms with van der Waals surface area (Å²) in [5.41, 5.74) is 2.29. The van der Waals surface area contributed by atoms with Crippen molar-refractivity contribution in [2.45, 2.75) is 18.9 Å². The van der Waals surface area contributed by atoms with E-state index in [1.54, 1.807) is 0 Å². The largest absolute Gasteiger partial charge is 0.389 e. The lowest BCUT2D eigenvalue weighted by atomic mass is 10.0. The van der Waals surface area contributed by atoms with Crippen molar-refractivity contribution in [1.29, 1.82) is 0 Å². The fourth-order valence-corrected chi connectivity index (χ4v) is 1.65. The molecule has 1 aromatic rings. The predicted octanol–water partition coefficient (Wildman–Crippen LogP) is 2.78. The molecule has 1 N–H and O–H groups in total. The number of aliphatic hydroxyl groups is 1. The minimum absolute atomic E-state index is 0.305. The van der Waals surface area contributed by atoms with Crippen molar-refractivity contribution in [3.63, 3.8) is 0 Å². The zero-order valence-corrected chi connectivity index (χ0v) is 8.06. The molecule has 1 aliphatic carbocycles. The third-order valence-corrected chi connectivity index (χ3v) is 2.41. The summed E-state index contributed by atoms with van der Waals surface area (Å²) in [5.74, 6) is 0. The molecule has 0 radical (unpaired) electrons. The molecule has 1 aliphatic rings. The SMILES string of the molecule is O[C@H]1C=C(c2ccccc2)C=CCC1. The normalized spacial score (nSPS) is 21.5. The molecule has 0 heterocycles. The minimum atomic E-state index is -0.305. The highest BCUT2D eigenvalue weighted by atomic mass is 16.3. The summed E-state index contributed by atoms with van der Waals surface area (Å²) in [4.78, 5) is 0. The van der Waals surface area contributed by atoms with Gasteiger partial charge in [0.05, 0.1) is 6.10 Å². The zero-order chi connectivity index (χ0) is 9.80. The Bertz CT molecular complexity index is 349. The van der Waals surface area contributed by atoms with Crippen molar-refractivity contribution >= 4 is 5.57 Å². The molecule has 1 atom stereocenters. The molecule has 0 saturated carbocycles. The molecule has 0 unspecified atom stereocenters. The first-order valence-electron chi connectivity index (χ1n) is 4.98. The number of aliphatic hydroxyl groups excluding tert-OH is 1. The summed E-state index contributed by atoms with van der Waals surface area (Å²) in [6.45, 7) is 0. The average molecular weight is 186 g/mol. The van der Waals surface area contributed by atoms with Gasteiger partial charge in [-0.25, -0.2) is 0 Å². The summed E-state index contributed by atoms with van der Waals surface area (Å²) in [7, 11) is 0. The molecule has 0 aromatic heterocycles. The number of hydrogen-bond donors (Lipinski definition) is 1. The summed E-state index contributed by atoms with van der Waals surface area (Å²) in [6.07, 6.45) is 7.61. The predicted molar refractivity (Wildman–Crippen MR) is 58.8 cm³/mol. The molecule has 0 fully saturated rings. The fourth-order valence-electron chi connectivity index (χ4n) is 1.65. The van der Waals surface area contributed by atoms with Gasteiger partial charge in [-0.2, -0.15) is 0 Å². The van der Waals surface area contributed by atoms with E-state index >= 15 is 0 Å². The lowest BCUT2D eigenvalue weighted by Gasteiger charge is -2.04. The molecule has 0 amide bonds. The van der Waals surface area contributed by atoms with Crippen LogP contribution in [-0.4, -0.2) is 11.2 Å². The maximum atomic E-state index is 9.60. The van der Waals surface area contributed by atoms with Gasteiger partial charge < -0.3 is 5.11 Å². The molecule has 2 rings (SSSR count). The Labute approximate surface area is 84.4 Å². The molecule has 14 heavy (non-hydrogen) atoms. The van der Waals surface area contributed by atoms with Crippen LogP contribution in [0.2, 0.25) is 0 Å². The van der Waals surface area contributed by atoms with Crippen LogP contribution in [-0.2, 0) is 0 Å². The third-order valence-electron chi connectivity index (χ3n) is 2.41. The molecule has 0 saturated heterocycles. The maximum Gasteiger partial charge on any atom is 0.0732 e. The molecular formula is C13H14O. The smallest absolute Gasteiger partial charge is 0.0732 e. The number of hydrogen-bond acceptors (Lipinski definition) is 1. The first-order chi connectivity index (χ1) is 6.86. The second kappa shape index (κ2) is 4.25. The highest BCUT2D eigenvalue weighted by Crippen LogP contribution is 2.20. The Kier molecular flexibility index (Phi) is 2.80. The Morgan fingerprint density at radius 2 is 1.93 bits per heavy atom. The van der Waals surface area contributed by atoms with Crippen LogP contribution in [0.5, 0.6) is 0 Å². The van der Waals surface area contributed by atoms with Crippen LogP contribution in [0.25, 0.3) is 5.57 Å². The molecule has 1 heteroatoms. The maximum absolute atomic E-state index is 9.60. The summed E-state index contributed by atoms with van der Waals surface area (Å²) < 4.78 is 0. The molecule has 0 aliphatic heterocycles. The van der Waals surface area contributed by atoms with Crippen molar-refractivity contribution in [1.82, 2.24) is 0 Å². The van der Waals surface area contributed by atoms with Crippen molar-refractivity contribution in [3.05, 3.63) is 54.1 Å². The van der Waals surface area contributed by atoms with E-state index in [1.807, 2.05) is 24.3 Å². The summed E-state index contributed by atoms with van der Waals surface area (Å²) in [5, 5.41) is 9.60. The van der Waals surface area contributed by atoms with Gasteiger partial charge in [0.1, 0.15) is 0 Å². The Morgan fingerprint density at radius 1 is 1.14 bits per heavy atom. The highest BCUT2D eigenvalue weighted by molar-refractivity contribution is 5.74. The van der Waals surface area contributed by atoms with Gasteiger partial charge in [0.15, 0.2) is 0 Å². The van der Waals surface area contributed by atoms with Gasteiger partial charge in [0.2, 0.25) is 0 Å². The summed E-state index contributed by atoms with van der Waals surface area (Å²) in [6, 6.07) is 10.2. The Morgan fingerprint density at radius 3 is 2.71 bits per heavy atom. The highest BCUT2D eigenvalue weighted by Gasteiger charge is 2.05. The van der Waals surface area contributed by atoms with Crippen molar-refractivity contribution in [2.75, 3.05) is 0 Å². The summed E-state index contributed by atoms with van der Waals surface area (Å²) >= 11 is 0. The van der Waals surface area contributed by atoms with Crippen LogP contribution >= 0.6 is 0 Å². The van der Waals surface area contributed by atoms with Gasteiger partial charge in [-0.05, 0) is 30.1 Å². The topological polar surface area (TPSA) is 20.2 Å². The number of allylic oxidation sites excluding steroid dienone is 3. The lowest BCUT2D eigenvalue weighted by Crippen LogP contribution is -2.00. The van der Waals surface area contributed by atoms with Gasteiger partial charge in [0, 0.05) is 0 Å². The molecule has 1 nitrogen and oxygen atoms in total. The van der Waals surface area contributed by atoms with Crippen LogP contribution in [0, 0.1) is 0 Å². The molecule has 0 bridgehead atoms. The van der Waals surface area contributed by atoms with E-state index in [-0.39, 0.29) is 6.10 Å². The first-order valence-corrected chi connectivity index (χ1v) is 4.98. The van der Waals surface area contributed by atoms with E-state index in [0.717, 1.165) is 18.4 Å². The second-order valence-corrected chi connectivity index (χ2v) is 3.54. The van der Waals surface area contributed by atoms with Crippen molar-refractivity contribution in [3.8, 4) is 0 Å². The van der Waals surface area contributed by atoms with Crippen LogP contribution in [0.1, 0.15) is 18.4 Å². The van der Waals surface area contributed by atoms with Crippen LogP contribution in [0.15, 0.2) is 48.6 Å². The Hall–Kier alpha value is -1.34. The van der Waals surface area contributed by atoms with E-state index in [9.17, 15) is 5.11 Å². The zero-order valence-electron chi connectivity index (χ0n) is 8.06. The van der Waals surface area contributed by atoms with E-state index in [1.165, 1.54) is 5.56 Å².